The van der Waals surface area contributed by atoms with Crippen LogP contribution in [0.1, 0.15) is 49.1 Å². The van der Waals surface area contributed by atoms with Gasteiger partial charge >= 0.3 is 0 Å². The van der Waals surface area contributed by atoms with Crippen molar-refractivity contribution in [1.29, 1.82) is 0 Å². The average Bonchev–Trinajstić information content (AvgIpc) is 3.23. The number of Topliss-reactive ketones (excluding diaryl/α,β-unsaturated/α-hetero) is 1. The first kappa shape index (κ1) is 20.0. The molecule has 4 aliphatic carbocycles. The van der Waals surface area contributed by atoms with Crippen LogP contribution in [-0.4, -0.2) is 10.7 Å². The highest BCUT2D eigenvalue weighted by Gasteiger charge is 2.55. The number of nitrogens with zero attached hydrogens (tertiary/aromatic N) is 1. The third-order valence-corrected chi connectivity index (χ3v) is 8.65. The van der Waals surface area contributed by atoms with E-state index in [1.54, 1.807) is 12.1 Å². The lowest BCUT2D eigenvalue weighted by atomic mass is 9.48. The lowest BCUT2D eigenvalue weighted by Gasteiger charge is -2.55. The zero-order valence-electron chi connectivity index (χ0n) is 18.8. The summed E-state index contributed by atoms with van der Waals surface area (Å²) >= 11 is 0. The van der Waals surface area contributed by atoms with E-state index in [2.05, 4.69) is 0 Å². The van der Waals surface area contributed by atoms with Gasteiger partial charge in [0.1, 0.15) is 5.58 Å². The number of hydrogen-bond donors (Lipinski definition) is 0. The van der Waals surface area contributed by atoms with Gasteiger partial charge in [0.2, 0.25) is 5.78 Å². The summed E-state index contributed by atoms with van der Waals surface area (Å²) in [4.78, 5) is 25.6. The summed E-state index contributed by atoms with van der Waals surface area (Å²) in [7, 11) is 0. The molecule has 3 aromatic carbocycles. The number of furan rings is 1. The quantitative estimate of drug-likeness (QED) is 0.182. The van der Waals surface area contributed by atoms with E-state index in [9.17, 15) is 14.9 Å². The predicted molar refractivity (Wildman–Crippen MR) is 131 cm³/mol. The van der Waals surface area contributed by atoms with Crippen molar-refractivity contribution in [2.75, 3.05) is 0 Å². The molecule has 0 atom stereocenters. The normalized spacial score (nSPS) is 27.5. The van der Waals surface area contributed by atoms with Crippen LogP contribution in [0, 0.1) is 33.3 Å². The number of carbonyl (C=O) groups excluding carboxylic acids is 1. The van der Waals surface area contributed by atoms with Gasteiger partial charge in [0.25, 0.3) is 5.69 Å². The van der Waals surface area contributed by atoms with Crippen molar-refractivity contribution in [1.82, 2.24) is 0 Å². The molecule has 1 heterocycles. The summed E-state index contributed by atoms with van der Waals surface area (Å²) < 4.78 is 6.39. The highest BCUT2D eigenvalue weighted by atomic mass is 16.6. The number of ketones is 1. The SMILES string of the molecule is O=C(c1oc2ccc3ccccc3c2c1-c1cccc([N+](=O)[O-])c1)C12CC3CC(CC(C3)C1)C2. The second kappa shape index (κ2) is 7.02. The molecule has 170 valence electrons. The largest absolute Gasteiger partial charge is 0.452 e. The fraction of sp³-hybridized carbons (Fsp3) is 0.345. The van der Waals surface area contributed by atoms with Gasteiger partial charge in [-0.15, -0.1) is 0 Å². The van der Waals surface area contributed by atoms with Crippen LogP contribution in [0.25, 0.3) is 32.9 Å². The molecular weight excluding hydrogens is 426 g/mol. The van der Waals surface area contributed by atoms with E-state index >= 15 is 0 Å². The van der Waals surface area contributed by atoms with Crippen molar-refractivity contribution in [2.24, 2.45) is 23.2 Å². The van der Waals surface area contributed by atoms with Crippen LogP contribution in [0.15, 0.2) is 65.1 Å². The number of nitro groups is 1. The lowest BCUT2D eigenvalue weighted by Crippen LogP contribution is -2.50. The zero-order valence-corrected chi connectivity index (χ0v) is 18.8. The van der Waals surface area contributed by atoms with Crippen LogP contribution in [0.4, 0.5) is 5.69 Å². The summed E-state index contributed by atoms with van der Waals surface area (Å²) in [6, 6.07) is 18.6. The molecule has 0 unspecified atom stereocenters. The number of nitro benzene ring substituents is 1. The van der Waals surface area contributed by atoms with E-state index in [1.807, 2.05) is 42.5 Å². The number of non-ortho nitro benzene ring substituents is 1. The van der Waals surface area contributed by atoms with Crippen molar-refractivity contribution in [3.05, 3.63) is 76.5 Å². The van der Waals surface area contributed by atoms with Gasteiger partial charge in [0.05, 0.1) is 4.92 Å². The molecule has 0 N–H and O–H groups in total. The van der Waals surface area contributed by atoms with Crippen LogP contribution in [0.2, 0.25) is 0 Å². The minimum Gasteiger partial charge on any atom is -0.452 e. The first-order chi connectivity index (χ1) is 16.5. The summed E-state index contributed by atoms with van der Waals surface area (Å²) in [6.45, 7) is 0. The Balaban J connectivity index is 1.49. The summed E-state index contributed by atoms with van der Waals surface area (Å²) in [6.07, 6.45) is 6.62. The molecule has 0 spiro atoms. The van der Waals surface area contributed by atoms with E-state index in [1.165, 1.54) is 25.3 Å². The second-order valence-corrected chi connectivity index (χ2v) is 10.8. The van der Waals surface area contributed by atoms with Crippen LogP contribution in [-0.2, 0) is 0 Å². The van der Waals surface area contributed by atoms with Gasteiger partial charge in [-0.2, -0.15) is 0 Å². The minimum atomic E-state index is -0.384. The molecule has 0 saturated heterocycles. The van der Waals surface area contributed by atoms with Crippen LogP contribution in [0.3, 0.4) is 0 Å². The van der Waals surface area contributed by atoms with Crippen molar-refractivity contribution < 1.29 is 14.1 Å². The van der Waals surface area contributed by atoms with E-state index in [0.717, 1.165) is 35.4 Å². The Kier molecular flexibility index (Phi) is 4.12. The van der Waals surface area contributed by atoms with Crippen LogP contribution >= 0.6 is 0 Å². The van der Waals surface area contributed by atoms with Crippen LogP contribution in [0.5, 0.6) is 0 Å². The summed E-state index contributed by atoms with van der Waals surface area (Å²) in [5, 5.41) is 14.5. The second-order valence-electron chi connectivity index (χ2n) is 10.8. The third-order valence-electron chi connectivity index (χ3n) is 8.65. The first-order valence-electron chi connectivity index (χ1n) is 12.2. The maximum Gasteiger partial charge on any atom is 0.270 e. The smallest absolute Gasteiger partial charge is 0.270 e. The number of hydrogen-bond acceptors (Lipinski definition) is 4. The first-order valence-corrected chi connectivity index (χ1v) is 12.2. The zero-order chi connectivity index (χ0) is 23.0. The molecule has 4 bridgehead atoms. The molecule has 1 aromatic heterocycles. The minimum absolute atomic E-state index is 0.0142. The molecule has 34 heavy (non-hydrogen) atoms. The Labute approximate surface area is 196 Å². The van der Waals surface area contributed by atoms with Crippen molar-refractivity contribution in [3.63, 3.8) is 0 Å². The Morgan fingerprint density at radius 1 is 0.912 bits per heavy atom. The highest BCUT2D eigenvalue weighted by Crippen LogP contribution is 2.61. The Bertz CT molecular complexity index is 1460. The van der Waals surface area contributed by atoms with Gasteiger partial charge < -0.3 is 4.42 Å². The Morgan fingerprint density at radius 3 is 2.32 bits per heavy atom. The number of rotatable bonds is 4. The number of fused-ring (bicyclic) bond motifs is 3. The average molecular weight is 452 g/mol. The van der Waals surface area contributed by atoms with E-state index in [4.69, 9.17) is 4.42 Å². The predicted octanol–water partition coefficient (Wildman–Crippen LogP) is 7.56. The van der Waals surface area contributed by atoms with Gasteiger partial charge in [-0.05, 0) is 78.7 Å². The number of carbonyl (C=O) groups is 1. The fourth-order valence-electron chi connectivity index (χ4n) is 7.71. The van der Waals surface area contributed by atoms with Crippen LogP contribution < -0.4 is 0 Å². The van der Waals surface area contributed by atoms with Gasteiger partial charge in [-0.25, -0.2) is 0 Å². The molecule has 5 nitrogen and oxygen atoms in total. The van der Waals surface area contributed by atoms with Gasteiger partial charge in [0, 0.05) is 28.5 Å². The number of benzene rings is 3. The van der Waals surface area contributed by atoms with E-state index < -0.39 is 0 Å². The van der Waals surface area contributed by atoms with Gasteiger partial charge in [-0.1, -0.05) is 42.5 Å². The maximum atomic E-state index is 14.4. The van der Waals surface area contributed by atoms with Gasteiger partial charge in [0.15, 0.2) is 5.76 Å². The molecule has 8 rings (SSSR count). The molecule has 5 heteroatoms. The standard InChI is InChI=1S/C29H25NO4/c31-28(29-14-17-10-18(15-29)12-19(11-17)16-29)27-25(21-5-3-6-22(13-21)30(32)33)26-23-7-2-1-4-20(23)8-9-24(26)34-27/h1-9,13,17-19H,10-12,14-16H2. The topological polar surface area (TPSA) is 73.3 Å². The fourth-order valence-corrected chi connectivity index (χ4v) is 7.71. The van der Waals surface area contributed by atoms with Crippen molar-refractivity contribution in [2.45, 2.75) is 38.5 Å². The molecular formula is C29H25NO4. The van der Waals surface area contributed by atoms with E-state index in [0.29, 0.717) is 40.2 Å². The molecule has 0 aliphatic heterocycles. The van der Waals surface area contributed by atoms with Crippen molar-refractivity contribution in [3.8, 4) is 11.1 Å². The van der Waals surface area contributed by atoms with Crippen molar-refractivity contribution >= 4 is 33.2 Å². The highest BCUT2D eigenvalue weighted by molar-refractivity contribution is 6.19. The van der Waals surface area contributed by atoms with Gasteiger partial charge in [-0.3, -0.25) is 14.9 Å². The third kappa shape index (κ3) is 2.82. The van der Waals surface area contributed by atoms with E-state index in [-0.39, 0.29) is 21.8 Å². The molecule has 0 amide bonds. The lowest BCUT2D eigenvalue weighted by molar-refractivity contribution is -0.384. The molecule has 4 aliphatic rings. The molecule has 0 radical (unpaired) electrons. The maximum absolute atomic E-state index is 14.4. The molecule has 4 saturated carbocycles. The molecule has 4 aromatic rings. The summed E-state index contributed by atoms with van der Waals surface area (Å²) in [5.74, 6) is 2.41. The monoisotopic (exact) mass is 451 g/mol. The Morgan fingerprint density at radius 2 is 1.62 bits per heavy atom. The summed E-state index contributed by atoms with van der Waals surface area (Å²) in [5.41, 5.74) is 1.69. The Hall–Kier alpha value is -3.47. The molecule has 4 fully saturated rings.